The second kappa shape index (κ2) is 7.69. The molecule has 3 aliphatic rings. The summed E-state index contributed by atoms with van der Waals surface area (Å²) < 4.78 is 39.5. The van der Waals surface area contributed by atoms with E-state index in [2.05, 4.69) is 19.2 Å². The maximum absolute atomic E-state index is 13.4. The normalized spacial score (nSPS) is 30.5. The number of rotatable bonds is 3. The number of halogens is 3. The lowest BCUT2D eigenvalue weighted by Gasteiger charge is -2.43. The van der Waals surface area contributed by atoms with Gasteiger partial charge in [0, 0.05) is 17.3 Å². The molecule has 1 aromatic rings. The van der Waals surface area contributed by atoms with Gasteiger partial charge in [-0.2, -0.15) is 13.2 Å². The molecule has 1 fully saturated rings. The van der Waals surface area contributed by atoms with Crippen molar-refractivity contribution in [3.63, 3.8) is 0 Å². The average Bonchev–Trinajstić information content (AvgIpc) is 2.96. The molecule has 4 atom stereocenters. The predicted octanol–water partition coefficient (Wildman–Crippen LogP) is 5.98. The Morgan fingerprint density at radius 3 is 2.59 bits per heavy atom. The van der Waals surface area contributed by atoms with E-state index >= 15 is 0 Å². The van der Waals surface area contributed by atoms with Crippen molar-refractivity contribution in [3.05, 3.63) is 41.0 Å². The predicted molar refractivity (Wildman–Crippen MR) is 107 cm³/mol. The van der Waals surface area contributed by atoms with E-state index in [1.165, 1.54) is 12.5 Å². The fraction of sp³-hybridized carbons (Fsp3) is 0.609. The first-order valence-electron chi connectivity index (χ1n) is 10.8. The number of hydrogen-bond donors (Lipinski definition) is 1. The van der Waals surface area contributed by atoms with Gasteiger partial charge in [0.2, 0.25) is 0 Å². The van der Waals surface area contributed by atoms with Gasteiger partial charge in [-0.15, -0.1) is 0 Å². The Kier molecular flexibility index (Phi) is 5.38. The third-order valence-electron chi connectivity index (χ3n) is 7.13. The lowest BCUT2D eigenvalue weighted by molar-refractivity contribution is -0.137. The first-order valence-corrected chi connectivity index (χ1v) is 10.8. The summed E-state index contributed by atoms with van der Waals surface area (Å²) in [7, 11) is 0. The van der Waals surface area contributed by atoms with Crippen molar-refractivity contribution in [1.82, 2.24) is 4.90 Å². The summed E-state index contributed by atoms with van der Waals surface area (Å²) in [6.07, 6.45) is 2.14. The zero-order chi connectivity index (χ0) is 20.8. The van der Waals surface area contributed by atoms with Gasteiger partial charge in [-0.3, -0.25) is 4.79 Å². The van der Waals surface area contributed by atoms with E-state index in [1.807, 2.05) is 4.90 Å². The molecule has 29 heavy (non-hydrogen) atoms. The molecular formula is C23H29F3N2O. The Morgan fingerprint density at radius 2 is 1.83 bits per heavy atom. The van der Waals surface area contributed by atoms with Gasteiger partial charge in [0.05, 0.1) is 5.56 Å². The van der Waals surface area contributed by atoms with E-state index in [4.69, 9.17) is 0 Å². The van der Waals surface area contributed by atoms with Gasteiger partial charge >= 0.3 is 6.18 Å². The molecule has 1 aromatic carbocycles. The molecule has 2 aliphatic carbocycles. The van der Waals surface area contributed by atoms with Crippen molar-refractivity contribution in [2.45, 2.75) is 77.2 Å². The number of carbonyl (C=O) groups excluding carboxylic acids is 1. The maximum Gasteiger partial charge on any atom is 0.416 e. The zero-order valence-corrected chi connectivity index (χ0v) is 17.1. The highest BCUT2D eigenvalue weighted by Crippen LogP contribution is 2.43. The zero-order valence-electron chi connectivity index (χ0n) is 17.1. The summed E-state index contributed by atoms with van der Waals surface area (Å²) in [5.74, 6) is 1.00. The van der Waals surface area contributed by atoms with Crippen LogP contribution in [-0.2, 0) is 11.0 Å². The van der Waals surface area contributed by atoms with Crippen LogP contribution in [0.25, 0.3) is 0 Å². The number of amides is 1. The minimum absolute atomic E-state index is 0.0927. The molecule has 1 heterocycles. The number of nitrogens with zero attached hydrogens (tertiary/aromatic N) is 1. The molecule has 1 saturated carbocycles. The van der Waals surface area contributed by atoms with E-state index in [0.717, 1.165) is 61.8 Å². The highest BCUT2D eigenvalue weighted by atomic mass is 19.4. The summed E-state index contributed by atoms with van der Waals surface area (Å²) >= 11 is 0. The molecule has 1 aliphatic heterocycles. The third-order valence-corrected chi connectivity index (χ3v) is 7.13. The molecule has 0 saturated heterocycles. The van der Waals surface area contributed by atoms with Crippen LogP contribution in [0.15, 0.2) is 35.4 Å². The molecule has 0 radical (unpaired) electrons. The maximum atomic E-state index is 13.4. The van der Waals surface area contributed by atoms with E-state index in [9.17, 15) is 18.0 Å². The van der Waals surface area contributed by atoms with Gasteiger partial charge in [0.1, 0.15) is 6.17 Å². The smallest absolute Gasteiger partial charge is 0.362 e. The highest BCUT2D eigenvalue weighted by Gasteiger charge is 2.46. The molecule has 1 amide bonds. The Bertz CT molecular complexity index is 817. The lowest BCUT2D eigenvalue weighted by atomic mass is 9.77. The highest BCUT2D eigenvalue weighted by molar-refractivity contribution is 5.98. The summed E-state index contributed by atoms with van der Waals surface area (Å²) in [6.45, 7) is 4.44. The third kappa shape index (κ3) is 3.78. The molecule has 0 aromatic heterocycles. The van der Waals surface area contributed by atoms with E-state index in [0.29, 0.717) is 17.5 Å². The Balaban J connectivity index is 1.67. The average molecular weight is 406 g/mol. The lowest BCUT2D eigenvalue weighted by Crippen LogP contribution is -2.52. The monoisotopic (exact) mass is 406 g/mol. The first kappa shape index (κ1) is 20.3. The number of carbonyl (C=O) groups is 1. The summed E-state index contributed by atoms with van der Waals surface area (Å²) in [5, 5.41) is 3.31. The Labute approximate surface area is 170 Å². The molecule has 1 N–H and O–H groups in total. The van der Waals surface area contributed by atoms with Crippen molar-refractivity contribution < 1.29 is 18.0 Å². The summed E-state index contributed by atoms with van der Waals surface area (Å²) in [5.41, 5.74) is 1.73. The van der Waals surface area contributed by atoms with Crippen LogP contribution in [0.4, 0.5) is 18.9 Å². The molecule has 4 rings (SSSR count). The molecule has 158 valence electrons. The SMILES string of the molecule is C[C@H]1[C@H](C)CCC[C@@H]1N1C(=O)C2=C(CCCC2)[C@@H]1Nc1cccc(C(F)(F)F)c1. The second-order valence-corrected chi connectivity index (χ2v) is 8.88. The number of nitrogens with one attached hydrogen (secondary N) is 1. The van der Waals surface area contributed by atoms with Crippen LogP contribution in [0.3, 0.4) is 0 Å². The van der Waals surface area contributed by atoms with Gasteiger partial charge in [-0.1, -0.05) is 32.8 Å². The number of benzene rings is 1. The van der Waals surface area contributed by atoms with E-state index in [1.54, 1.807) is 6.07 Å². The van der Waals surface area contributed by atoms with Gasteiger partial charge < -0.3 is 10.2 Å². The minimum atomic E-state index is -4.38. The van der Waals surface area contributed by atoms with Crippen molar-refractivity contribution in [2.75, 3.05) is 5.32 Å². The minimum Gasteiger partial charge on any atom is -0.362 e. The van der Waals surface area contributed by atoms with Gasteiger partial charge in [-0.05, 0) is 67.7 Å². The second-order valence-electron chi connectivity index (χ2n) is 8.88. The summed E-state index contributed by atoms with van der Waals surface area (Å²) in [6, 6.07) is 5.44. The van der Waals surface area contributed by atoms with Crippen LogP contribution < -0.4 is 5.32 Å². The topological polar surface area (TPSA) is 32.3 Å². The van der Waals surface area contributed by atoms with Crippen molar-refractivity contribution in [1.29, 1.82) is 0 Å². The number of alkyl halides is 3. The molecule has 6 heteroatoms. The Morgan fingerprint density at radius 1 is 1.07 bits per heavy atom. The van der Waals surface area contributed by atoms with Gasteiger partial charge in [0.15, 0.2) is 0 Å². The molecule has 0 unspecified atom stereocenters. The fourth-order valence-electron chi connectivity index (χ4n) is 5.30. The van der Waals surface area contributed by atoms with Crippen molar-refractivity contribution >= 4 is 11.6 Å². The quantitative estimate of drug-likeness (QED) is 0.670. The molecule has 0 spiro atoms. The van der Waals surface area contributed by atoms with Gasteiger partial charge in [0.25, 0.3) is 5.91 Å². The largest absolute Gasteiger partial charge is 0.416 e. The van der Waals surface area contributed by atoms with Crippen LogP contribution in [0, 0.1) is 11.8 Å². The van der Waals surface area contributed by atoms with E-state index < -0.39 is 11.7 Å². The molecule has 0 bridgehead atoms. The number of anilines is 1. The van der Waals surface area contributed by atoms with Crippen LogP contribution >= 0.6 is 0 Å². The van der Waals surface area contributed by atoms with Gasteiger partial charge in [-0.25, -0.2) is 0 Å². The van der Waals surface area contributed by atoms with Crippen molar-refractivity contribution in [3.8, 4) is 0 Å². The van der Waals surface area contributed by atoms with Crippen LogP contribution in [-0.4, -0.2) is 23.0 Å². The molecule has 3 nitrogen and oxygen atoms in total. The number of hydrogen-bond acceptors (Lipinski definition) is 2. The van der Waals surface area contributed by atoms with Crippen molar-refractivity contribution in [2.24, 2.45) is 11.8 Å². The standard InChI is InChI=1S/C23H29F3N2O/c1-14-7-5-12-20(15(14)2)28-21(18-10-3-4-11-19(18)22(28)29)27-17-9-6-8-16(13-17)23(24,25)26/h6,8-9,13-15,20-21,27H,3-5,7,10-12H2,1-2H3/t14-,15+,20+,21-/m1/s1. The fourth-order valence-corrected chi connectivity index (χ4v) is 5.30. The summed E-state index contributed by atoms with van der Waals surface area (Å²) in [4.78, 5) is 15.3. The first-order chi connectivity index (χ1) is 13.8. The van der Waals surface area contributed by atoms with E-state index in [-0.39, 0.29) is 18.1 Å². The van der Waals surface area contributed by atoms with Crippen LogP contribution in [0.2, 0.25) is 0 Å². The molecular weight excluding hydrogens is 377 g/mol. The van der Waals surface area contributed by atoms with Crippen LogP contribution in [0.5, 0.6) is 0 Å². The van der Waals surface area contributed by atoms with Crippen LogP contribution in [0.1, 0.15) is 64.4 Å². The Hall–Kier alpha value is -1.98.